The number of halogens is 1. The van der Waals surface area contributed by atoms with Crippen molar-refractivity contribution in [2.75, 3.05) is 60.6 Å². The molecule has 2 aromatic heterocycles. The summed E-state index contributed by atoms with van der Waals surface area (Å²) in [5, 5.41) is 27.8. The van der Waals surface area contributed by atoms with Crippen molar-refractivity contribution in [1.82, 2.24) is 30.7 Å². The molecule has 0 spiro atoms. The van der Waals surface area contributed by atoms with E-state index < -0.39 is 35.9 Å². The third-order valence-electron chi connectivity index (χ3n) is 18.8. The first-order valence-electron chi connectivity index (χ1n) is 33.6. The van der Waals surface area contributed by atoms with E-state index in [1.165, 1.54) is 39.7 Å². The second-order valence-electron chi connectivity index (χ2n) is 25.9. The molecule has 3 fully saturated rings. The summed E-state index contributed by atoms with van der Waals surface area (Å²) in [5.74, 6) is -0.999. The topological polar surface area (TPSA) is 302 Å². The van der Waals surface area contributed by atoms with Crippen molar-refractivity contribution in [1.29, 1.82) is 0 Å². The van der Waals surface area contributed by atoms with Gasteiger partial charge in [-0.3, -0.25) is 39.2 Å². The quantitative estimate of drug-likeness (QED) is 0.0122. The first kappa shape index (κ1) is 75.9. The van der Waals surface area contributed by atoms with E-state index in [0.717, 1.165) is 121 Å². The lowest BCUT2D eigenvalue weighted by Crippen LogP contribution is -2.44. The highest BCUT2D eigenvalue weighted by Gasteiger charge is 2.36. The van der Waals surface area contributed by atoms with E-state index in [-0.39, 0.29) is 59.2 Å². The van der Waals surface area contributed by atoms with Gasteiger partial charge in [-0.25, -0.2) is 4.39 Å². The number of ether oxygens (including phenoxy) is 3. The Labute approximate surface area is 580 Å². The van der Waals surface area contributed by atoms with Crippen molar-refractivity contribution < 1.29 is 67.2 Å². The van der Waals surface area contributed by atoms with Crippen molar-refractivity contribution in [2.24, 2.45) is 52.7 Å². The molecule has 9 rings (SSSR count). The molecular formula is C76H98FN11O11+2. The predicted octanol–water partition coefficient (Wildman–Crippen LogP) is 8.57. The molecule has 0 bridgehead atoms. The Morgan fingerprint density at radius 3 is 1.05 bits per heavy atom. The molecule has 0 saturated carbocycles. The minimum absolute atomic E-state index is 0.246. The van der Waals surface area contributed by atoms with Crippen LogP contribution < -0.4 is 42.6 Å². The number of esters is 3. The lowest BCUT2D eigenvalue weighted by atomic mass is 9.85. The summed E-state index contributed by atoms with van der Waals surface area (Å²) >= 11 is 0. The molecule has 0 aliphatic carbocycles. The first-order valence-corrected chi connectivity index (χ1v) is 33.6. The molecule has 4 aromatic carbocycles. The van der Waals surface area contributed by atoms with Crippen LogP contribution in [0.4, 0.5) is 4.39 Å². The Hall–Kier alpha value is -10.5. The Bertz CT molecular complexity index is 3550. The number of nitrogens with two attached hydrogens (primary N) is 3. The van der Waals surface area contributed by atoms with Crippen LogP contribution in [0.15, 0.2) is 183 Å². The molecule has 99 heavy (non-hydrogen) atoms. The summed E-state index contributed by atoms with van der Waals surface area (Å²) in [4.78, 5) is 82.3. The fourth-order valence-electron chi connectivity index (χ4n) is 13.1. The average Bonchev–Trinajstić information content (AvgIpc) is 0.868. The number of benzene rings is 4. The number of methoxy groups -OCH3 is 3. The van der Waals surface area contributed by atoms with Gasteiger partial charge >= 0.3 is 17.9 Å². The largest absolute Gasteiger partial charge is 0.469 e. The lowest BCUT2D eigenvalue weighted by Gasteiger charge is -2.36. The monoisotopic (exact) mass is 1360 g/mol. The molecule has 3 amide bonds. The van der Waals surface area contributed by atoms with Crippen molar-refractivity contribution >= 4 is 35.6 Å². The number of amides is 3. The van der Waals surface area contributed by atoms with Crippen LogP contribution in [0.2, 0.25) is 0 Å². The zero-order valence-corrected chi connectivity index (χ0v) is 57.7. The molecule has 6 aromatic rings. The summed E-state index contributed by atoms with van der Waals surface area (Å²) in [7, 11) is 4.11. The lowest BCUT2D eigenvalue weighted by molar-refractivity contribution is -0.904. The SMILES string of the molecule is C=C(N)N1CCCC(C[C@@H](C(=O)OC)[C@@H](C)NC(=O)c2ccc(-c3cc[n+](O)cc3)cc2)C1.C=C(N)N1CCCC(C[C@@H](C(=O)OC)[C@@H](C)NC(=O)c2ccc(-c3ccc(F)cc3)cc2)C1.C=C(N)N1CCCC(C[C@@H](C(=O)OC)[C@@H](C)NC(=O)c2ccc(-c3ccc[n+](O)c3)cc2)C1. The molecule has 3 unspecified atom stereocenters. The minimum atomic E-state index is -0.464. The van der Waals surface area contributed by atoms with Gasteiger partial charge in [0.1, 0.15) is 5.82 Å². The van der Waals surface area contributed by atoms with E-state index in [9.17, 15) is 43.6 Å². The molecule has 9 atom stereocenters. The van der Waals surface area contributed by atoms with Crippen LogP contribution in [-0.4, -0.2) is 139 Å². The van der Waals surface area contributed by atoms with Gasteiger partial charge in [0.15, 0.2) is 0 Å². The van der Waals surface area contributed by atoms with Gasteiger partial charge in [-0.1, -0.05) is 68.3 Å². The summed E-state index contributed by atoms with van der Waals surface area (Å²) in [6.07, 6.45) is 13.9. The normalized spacial score (nSPS) is 17.6. The van der Waals surface area contributed by atoms with Crippen molar-refractivity contribution in [3.8, 4) is 33.4 Å². The molecule has 11 N–H and O–H groups in total. The standard InChI is InChI=1S/C26H32FN3O3.2C25H32N4O4/c1-17(24(26(32)33-3)15-19-5-4-14-30(16-19)18(2)28)29-25(31)22-8-6-20(7-9-22)21-10-12-23(27)13-11-21;1-17(23(25(31)33-3)14-19-6-4-12-28(15-19)18(2)26)27-24(30)21-10-8-20(9-11-21)22-7-5-13-29(32)16-22;1-17(23(25(31)33-3)15-19-5-4-12-28(16-19)18(2)26)27-24(30)22-8-6-20(7-9-22)21-10-13-29(32)14-11-21/h6-13,17,19,24H,2,4-5,14-16,28H2,1,3H3,(H,29,31);5,7-11,13,16-17,19,23H,2,4,6,12,14-15,26H2,1,3H3,(H-,27,30,32);6-11,13-14,17,19,23H,2,4-5,12,15-16,26H2,1,3H3,(H-,27,30,32)/p+2/t17-,19?,24-;2*17-,19?,23-/m111/s1. The molecule has 3 aliphatic rings. The summed E-state index contributed by atoms with van der Waals surface area (Å²) in [6.45, 7) is 21.8. The summed E-state index contributed by atoms with van der Waals surface area (Å²) in [6, 6.07) is 33.5. The number of carbonyl (C=O) groups is 6. The number of nitrogens with zero attached hydrogens (tertiary/aromatic N) is 5. The second-order valence-corrected chi connectivity index (χ2v) is 25.9. The van der Waals surface area contributed by atoms with Gasteiger partial charge in [-0.05, 0) is 179 Å². The fraction of sp³-hybridized carbons (Fsp3) is 0.395. The van der Waals surface area contributed by atoms with Gasteiger partial charge in [0.2, 0.25) is 24.8 Å². The van der Waals surface area contributed by atoms with Gasteiger partial charge in [-0.15, -0.1) is 0 Å². The third kappa shape index (κ3) is 22.3. The van der Waals surface area contributed by atoms with Crippen LogP contribution in [0, 0.1) is 41.3 Å². The predicted molar refractivity (Wildman–Crippen MR) is 374 cm³/mol. The smallest absolute Gasteiger partial charge is 0.310 e. The van der Waals surface area contributed by atoms with Crippen LogP contribution in [-0.2, 0) is 28.6 Å². The van der Waals surface area contributed by atoms with E-state index in [1.54, 1.807) is 85.3 Å². The second kappa shape index (κ2) is 36.8. The van der Waals surface area contributed by atoms with Crippen LogP contribution in [0.1, 0.15) is 110 Å². The van der Waals surface area contributed by atoms with E-state index >= 15 is 0 Å². The third-order valence-corrected chi connectivity index (χ3v) is 18.8. The molecule has 5 heterocycles. The maximum absolute atomic E-state index is 13.1. The van der Waals surface area contributed by atoms with Crippen LogP contribution in [0.3, 0.4) is 0 Å². The number of aromatic nitrogens is 2. The molecule has 23 heteroatoms. The number of carbonyl (C=O) groups excluding carboxylic acids is 6. The van der Waals surface area contributed by atoms with Gasteiger partial charge in [0, 0.05) is 102 Å². The first-order chi connectivity index (χ1) is 47.3. The maximum Gasteiger partial charge on any atom is 0.310 e. The van der Waals surface area contributed by atoms with Crippen molar-refractivity contribution in [2.45, 2.75) is 96.7 Å². The Kier molecular flexibility index (Phi) is 28.2. The van der Waals surface area contributed by atoms with Gasteiger partial charge in [0.25, 0.3) is 17.7 Å². The summed E-state index contributed by atoms with van der Waals surface area (Å²) in [5.41, 5.74) is 24.4. The van der Waals surface area contributed by atoms with Crippen molar-refractivity contribution in [3.63, 3.8) is 0 Å². The molecular weight excluding hydrogens is 1260 g/mol. The number of pyridine rings is 2. The molecule has 528 valence electrons. The zero-order chi connectivity index (χ0) is 71.9. The van der Waals surface area contributed by atoms with E-state index in [0.29, 0.717) is 53.4 Å². The molecule has 3 saturated heterocycles. The minimum Gasteiger partial charge on any atom is -0.469 e. The van der Waals surface area contributed by atoms with Crippen LogP contribution in [0.25, 0.3) is 33.4 Å². The van der Waals surface area contributed by atoms with E-state index in [1.807, 2.05) is 77.9 Å². The Morgan fingerprint density at radius 1 is 0.465 bits per heavy atom. The Balaban J connectivity index is 0.000000209. The van der Waals surface area contributed by atoms with Gasteiger partial charge in [-0.2, -0.15) is 0 Å². The summed E-state index contributed by atoms with van der Waals surface area (Å²) < 4.78 is 30.2. The zero-order valence-electron chi connectivity index (χ0n) is 57.7. The number of rotatable bonds is 24. The number of likely N-dealkylation sites (tertiary alicyclic amines) is 3. The Morgan fingerprint density at radius 2 is 0.758 bits per heavy atom. The van der Waals surface area contributed by atoms with Gasteiger partial charge in [0.05, 0.1) is 62.1 Å². The van der Waals surface area contributed by atoms with Gasteiger partial charge < -0.3 is 62.1 Å². The van der Waals surface area contributed by atoms with E-state index in [4.69, 9.17) is 31.4 Å². The highest BCUT2D eigenvalue weighted by atomic mass is 19.1. The maximum atomic E-state index is 13.1. The highest BCUT2D eigenvalue weighted by Crippen LogP contribution is 2.31. The average molecular weight is 1360 g/mol. The number of piperidine rings is 3. The van der Waals surface area contributed by atoms with Crippen LogP contribution in [0.5, 0.6) is 0 Å². The number of hydrogen-bond acceptors (Lipinski definition) is 17. The molecule has 3 aliphatic heterocycles. The van der Waals surface area contributed by atoms with E-state index in [2.05, 4.69) is 35.7 Å². The van der Waals surface area contributed by atoms with Crippen LogP contribution >= 0.6 is 0 Å². The number of hydrogen-bond donors (Lipinski definition) is 8. The fourth-order valence-corrected chi connectivity index (χ4v) is 13.1. The highest BCUT2D eigenvalue weighted by molar-refractivity contribution is 5.96. The molecule has 0 radical (unpaired) electrons. The molecule has 22 nitrogen and oxygen atoms in total. The number of nitrogens with one attached hydrogen (secondary N) is 3. The van der Waals surface area contributed by atoms with Crippen molar-refractivity contribution in [3.05, 3.63) is 206 Å².